The lowest BCUT2D eigenvalue weighted by molar-refractivity contribution is 0.0954. The van der Waals surface area contributed by atoms with Crippen molar-refractivity contribution in [2.45, 2.75) is 6.42 Å². The average molecular weight is 417 g/mol. The largest absolute Gasteiger partial charge is 0.352 e. The molecule has 0 saturated heterocycles. The summed E-state index contributed by atoms with van der Waals surface area (Å²) in [6.07, 6.45) is 4.47. The molecule has 2 aromatic carbocycles. The molecule has 1 aromatic heterocycles. The van der Waals surface area contributed by atoms with Crippen LogP contribution in [0, 0.1) is 3.57 Å². The molecule has 0 saturated carbocycles. The van der Waals surface area contributed by atoms with Crippen LogP contribution in [0.1, 0.15) is 15.9 Å². The Kier molecular flexibility index (Phi) is 5.07. The molecular weight excluding hydrogens is 401 g/mol. The third-order valence-corrected chi connectivity index (χ3v) is 4.23. The Morgan fingerprint density at radius 2 is 1.83 bits per heavy atom. The topological polar surface area (TPSA) is 46.9 Å². The molecule has 3 rings (SSSR count). The lowest BCUT2D eigenvalue weighted by atomic mass is 10.1. The van der Waals surface area contributed by atoms with Gasteiger partial charge in [0.2, 0.25) is 0 Å². The first-order chi connectivity index (χ1) is 11.2. The highest BCUT2D eigenvalue weighted by Crippen LogP contribution is 2.09. The van der Waals surface area contributed by atoms with Gasteiger partial charge in [-0.05, 0) is 77.0 Å². The Hall–Kier alpha value is -2.15. The highest BCUT2D eigenvalue weighted by Gasteiger charge is 2.04. The Morgan fingerprint density at radius 1 is 1.09 bits per heavy atom. The van der Waals surface area contributed by atoms with Gasteiger partial charge in [0, 0.05) is 28.1 Å². The molecule has 0 aliphatic carbocycles. The second kappa shape index (κ2) is 7.41. The lowest BCUT2D eigenvalue weighted by Crippen LogP contribution is -2.25. The maximum Gasteiger partial charge on any atom is 0.251 e. The van der Waals surface area contributed by atoms with Crippen LogP contribution in [0.2, 0.25) is 0 Å². The van der Waals surface area contributed by atoms with Crippen LogP contribution in [-0.2, 0) is 6.42 Å². The Labute approximate surface area is 148 Å². The number of nitrogens with zero attached hydrogens (tertiary/aromatic N) is 2. The van der Waals surface area contributed by atoms with Crippen LogP contribution in [0.15, 0.2) is 67.0 Å². The number of nitrogens with one attached hydrogen (secondary N) is 1. The van der Waals surface area contributed by atoms with Crippen molar-refractivity contribution in [3.05, 3.63) is 81.7 Å². The SMILES string of the molecule is O=C(NCCc1ccc(-n2cccn2)cc1)c1ccc(I)cc1. The zero-order chi connectivity index (χ0) is 16.1. The number of benzene rings is 2. The zero-order valence-corrected chi connectivity index (χ0v) is 14.6. The normalized spacial score (nSPS) is 10.5. The summed E-state index contributed by atoms with van der Waals surface area (Å²) in [7, 11) is 0. The van der Waals surface area contributed by atoms with Crippen LogP contribution in [0.4, 0.5) is 0 Å². The molecule has 23 heavy (non-hydrogen) atoms. The maximum absolute atomic E-state index is 12.0. The van der Waals surface area contributed by atoms with Gasteiger partial charge in [0.1, 0.15) is 0 Å². The maximum atomic E-state index is 12.0. The molecule has 4 nitrogen and oxygen atoms in total. The molecule has 0 radical (unpaired) electrons. The monoisotopic (exact) mass is 417 g/mol. The van der Waals surface area contributed by atoms with Crippen LogP contribution in [0.5, 0.6) is 0 Å². The number of halogens is 1. The first-order valence-electron chi connectivity index (χ1n) is 7.35. The lowest BCUT2D eigenvalue weighted by Gasteiger charge is -2.07. The van der Waals surface area contributed by atoms with E-state index >= 15 is 0 Å². The Bertz CT molecular complexity index is 765. The molecule has 116 valence electrons. The Balaban J connectivity index is 1.52. The van der Waals surface area contributed by atoms with Gasteiger partial charge in [-0.2, -0.15) is 5.10 Å². The number of hydrogen-bond donors (Lipinski definition) is 1. The van der Waals surface area contributed by atoms with E-state index < -0.39 is 0 Å². The second-order valence-corrected chi connectivity index (χ2v) is 6.38. The van der Waals surface area contributed by atoms with E-state index in [0.717, 1.165) is 15.7 Å². The summed E-state index contributed by atoms with van der Waals surface area (Å²) in [5.41, 5.74) is 2.91. The third kappa shape index (κ3) is 4.19. The molecule has 5 heteroatoms. The minimum absolute atomic E-state index is 0.0328. The molecule has 1 N–H and O–H groups in total. The molecule has 0 fully saturated rings. The number of carbonyl (C=O) groups excluding carboxylic acids is 1. The number of amides is 1. The minimum atomic E-state index is -0.0328. The molecule has 1 amide bonds. The fraction of sp³-hybridized carbons (Fsp3) is 0.111. The molecule has 0 unspecified atom stereocenters. The minimum Gasteiger partial charge on any atom is -0.352 e. The first kappa shape index (κ1) is 15.7. The summed E-state index contributed by atoms with van der Waals surface area (Å²) in [5.74, 6) is -0.0328. The van der Waals surface area contributed by atoms with Gasteiger partial charge in [0.15, 0.2) is 0 Å². The summed E-state index contributed by atoms with van der Waals surface area (Å²) < 4.78 is 2.94. The fourth-order valence-corrected chi connectivity index (χ4v) is 2.62. The van der Waals surface area contributed by atoms with Gasteiger partial charge < -0.3 is 5.32 Å². The van der Waals surface area contributed by atoms with Gasteiger partial charge in [0.25, 0.3) is 5.91 Å². The quantitative estimate of drug-likeness (QED) is 0.647. The van der Waals surface area contributed by atoms with Gasteiger partial charge in [-0.3, -0.25) is 4.79 Å². The number of carbonyl (C=O) groups is 1. The van der Waals surface area contributed by atoms with Crippen molar-refractivity contribution in [3.8, 4) is 5.69 Å². The van der Waals surface area contributed by atoms with Crippen molar-refractivity contribution >= 4 is 28.5 Å². The molecular formula is C18H16IN3O. The summed E-state index contributed by atoms with van der Waals surface area (Å²) in [6.45, 7) is 0.617. The number of aromatic nitrogens is 2. The molecule has 0 bridgehead atoms. The predicted molar refractivity (Wildman–Crippen MR) is 98.8 cm³/mol. The van der Waals surface area contributed by atoms with E-state index in [1.54, 1.807) is 6.20 Å². The molecule has 0 spiro atoms. The van der Waals surface area contributed by atoms with Crippen LogP contribution in [-0.4, -0.2) is 22.2 Å². The number of hydrogen-bond acceptors (Lipinski definition) is 2. The molecule has 0 aliphatic rings. The van der Waals surface area contributed by atoms with E-state index in [1.807, 2.05) is 53.3 Å². The molecule has 0 aliphatic heterocycles. The summed E-state index contributed by atoms with van der Waals surface area (Å²) in [6, 6.07) is 17.6. The first-order valence-corrected chi connectivity index (χ1v) is 8.43. The fourth-order valence-electron chi connectivity index (χ4n) is 2.26. The second-order valence-electron chi connectivity index (χ2n) is 5.13. The third-order valence-electron chi connectivity index (χ3n) is 3.51. The van der Waals surface area contributed by atoms with Gasteiger partial charge in [-0.25, -0.2) is 4.68 Å². The average Bonchev–Trinajstić information content (AvgIpc) is 3.10. The van der Waals surface area contributed by atoms with Gasteiger partial charge in [-0.15, -0.1) is 0 Å². The van der Waals surface area contributed by atoms with Gasteiger partial charge in [0.05, 0.1) is 5.69 Å². The van der Waals surface area contributed by atoms with Crippen LogP contribution in [0.3, 0.4) is 0 Å². The Morgan fingerprint density at radius 3 is 2.48 bits per heavy atom. The molecule has 3 aromatic rings. The summed E-state index contributed by atoms with van der Waals surface area (Å²) in [4.78, 5) is 12.0. The number of rotatable bonds is 5. The van der Waals surface area contributed by atoms with Crippen molar-refractivity contribution in [1.29, 1.82) is 0 Å². The summed E-state index contributed by atoms with van der Waals surface area (Å²) in [5, 5.41) is 7.15. The van der Waals surface area contributed by atoms with Crippen LogP contribution < -0.4 is 5.32 Å². The molecule has 1 heterocycles. The summed E-state index contributed by atoms with van der Waals surface area (Å²) >= 11 is 2.22. The van der Waals surface area contributed by atoms with E-state index in [9.17, 15) is 4.79 Å². The van der Waals surface area contributed by atoms with E-state index in [4.69, 9.17) is 0 Å². The molecule has 0 atom stereocenters. The predicted octanol–water partition coefficient (Wildman–Crippen LogP) is 3.45. The van der Waals surface area contributed by atoms with Crippen molar-refractivity contribution in [3.63, 3.8) is 0 Å². The van der Waals surface area contributed by atoms with Crippen LogP contribution in [0.25, 0.3) is 5.69 Å². The van der Waals surface area contributed by atoms with Crippen molar-refractivity contribution in [1.82, 2.24) is 15.1 Å². The smallest absolute Gasteiger partial charge is 0.251 e. The van der Waals surface area contributed by atoms with Crippen molar-refractivity contribution in [2.75, 3.05) is 6.54 Å². The highest BCUT2D eigenvalue weighted by molar-refractivity contribution is 14.1. The van der Waals surface area contributed by atoms with Crippen molar-refractivity contribution in [2.24, 2.45) is 0 Å². The van der Waals surface area contributed by atoms with E-state index in [2.05, 4.69) is 45.1 Å². The van der Waals surface area contributed by atoms with Gasteiger partial charge in [-0.1, -0.05) is 12.1 Å². The standard InChI is InChI=1S/C18H16IN3O/c19-16-6-4-15(5-7-16)18(23)20-12-10-14-2-8-17(9-3-14)22-13-1-11-21-22/h1-9,11,13H,10,12H2,(H,20,23). The highest BCUT2D eigenvalue weighted by atomic mass is 127. The van der Waals surface area contributed by atoms with Crippen molar-refractivity contribution < 1.29 is 4.79 Å². The van der Waals surface area contributed by atoms with Crippen LogP contribution >= 0.6 is 22.6 Å². The van der Waals surface area contributed by atoms with Gasteiger partial charge >= 0.3 is 0 Å². The van der Waals surface area contributed by atoms with E-state index in [0.29, 0.717) is 12.1 Å². The van der Waals surface area contributed by atoms with E-state index in [1.165, 1.54) is 5.56 Å². The van der Waals surface area contributed by atoms with E-state index in [-0.39, 0.29) is 5.91 Å². The zero-order valence-electron chi connectivity index (χ0n) is 12.4.